The van der Waals surface area contributed by atoms with E-state index in [-0.39, 0.29) is 28.4 Å². The van der Waals surface area contributed by atoms with E-state index in [4.69, 9.17) is 5.11 Å². The number of rotatable bonds is 5. The van der Waals surface area contributed by atoms with E-state index in [1.54, 1.807) is 0 Å². The van der Waals surface area contributed by atoms with Crippen LogP contribution in [0.1, 0.15) is 12.8 Å². The molecule has 1 aliphatic carbocycles. The molecule has 0 bridgehead atoms. The molecule has 0 saturated heterocycles. The van der Waals surface area contributed by atoms with Crippen molar-refractivity contribution in [1.29, 1.82) is 0 Å². The maximum absolute atomic E-state index is 13.6. The summed E-state index contributed by atoms with van der Waals surface area (Å²) in [6, 6.07) is 1.99. The Bertz CT molecular complexity index is 548. The number of nitro groups is 1. The summed E-state index contributed by atoms with van der Waals surface area (Å²) in [5.41, 5.74) is -0.294. The molecule has 0 aliphatic heterocycles. The summed E-state index contributed by atoms with van der Waals surface area (Å²) >= 11 is 2.89. The first-order chi connectivity index (χ1) is 8.90. The van der Waals surface area contributed by atoms with E-state index in [0.29, 0.717) is 0 Å². The predicted molar refractivity (Wildman–Crippen MR) is 68.8 cm³/mol. The fourth-order valence-electron chi connectivity index (χ4n) is 1.85. The van der Waals surface area contributed by atoms with Crippen LogP contribution in [-0.2, 0) is 4.79 Å². The van der Waals surface area contributed by atoms with Gasteiger partial charge in [-0.1, -0.05) is 0 Å². The number of benzene rings is 1. The Morgan fingerprint density at radius 2 is 2.21 bits per heavy atom. The van der Waals surface area contributed by atoms with Crippen LogP contribution in [-0.4, -0.2) is 28.6 Å². The number of hydrogen-bond donors (Lipinski definition) is 1. The third kappa shape index (κ3) is 3.01. The highest BCUT2D eigenvalue weighted by Gasteiger charge is 2.34. The molecule has 2 rings (SSSR count). The zero-order chi connectivity index (χ0) is 14.2. The minimum absolute atomic E-state index is 0.00981. The summed E-state index contributed by atoms with van der Waals surface area (Å²) in [5.74, 6) is -1.76. The van der Waals surface area contributed by atoms with Gasteiger partial charge in [-0.3, -0.25) is 14.9 Å². The maximum Gasteiger partial charge on any atom is 0.323 e. The first-order valence-electron chi connectivity index (χ1n) is 5.52. The van der Waals surface area contributed by atoms with E-state index in [2.05, 4.69) is 15.9 Å². The first-order valence-corrected chi connectivity index (χ1v) is 6.31. The number of aliphatic carboxylic acids is 1. The molecule has 102 valence electrons. The molecular weight excluding hydrogens is 323 g/mol. The van der Waals surface area contributed by atoms with Gasteiger partial charge in [0.15, 0.2) is 0 Å². The molecule has 0 heterocycles. The third-order valence-electron chi connectivity index (χ3n) is 2.82. The topological polar surface area (TPSA) is 83.7 Å². The van der Waals surface area contributed by atoms with E-state index in [9.17, 15) is 19.3 Å². The molecule has 1 N–H and O–H groups in total. The highest BCUT2D eigenvalue weighted by Crippen LogP contribution is 2.39. The number of halogens is 2. The summed E-state index contributed by atoms with van der Waals surface area (Å²) in [5, 5.41) is 19.9. The van der Waals surface area contributed by atoms with Crippen molar-refractivity contribution in [2.24, 2.45) is 0 Å². The van der Waals surface area contributed by atoms with E-state index in [1.807, 2.05) is 0 Å². The molecule has 1 aromatic rings. The number of nitrogens with zero attached hydrogens (tertiary/aromatic N) is 2. The van der Waals surface area contributed by atoms with Crippen molar-refractivity contribution < 1.29 is 19.2 Å². The first kappa shape index (κ1) is 13.7. The second-order valence-electron chi connectivity index (χ2n) is 4.26. The molecule has 0 aromatic heterocycles. The fourth-order valence-corrected chi connectivity index (χ4v) is 2.18. The normalized spacial score (nSPS) is 14.2. The number of carboxylic acids is 1. The molecule has 0 radical (unpaired) electrons. The van der Waals surface area contributed by atoms with Gasteiger partial charge in [-0.05, 0) is 28.8 Å². The Hall–Kier alpha value is -1.70. The van der Waals surface area contributed by atoms with Crippen LogP contribution in [0.15, 0.2) is 16.6 Å². The second kappa shape index (κ2) is 5.12. The van der Waals surface area contributed by atoms with Gasteiger partial charge in [0.25, 0.3) is 5.69 Å². The number of carbonyl (C=O) groups is 1. The van der Waals surface area contributed by atoms with Gasteiger partial charge in [0.1, 0.15) is 18.0 Å². The van der Waals surface area contributed by atoms with Gasteiger partial charge in [0.2, 0.25) is 0 Å². The molecule has 0 atom stereocenters. The highest BCUT2D eigenvalue weighted by atomic mass is 79.9. The minimum atomic E-state index is -1.11. The molecule has 1 saturated carbocycles. The molecule has 8 heteroatoms. The van der Waals surface area contributed by atoms with Gasteiger partial charge in [-0.25, -0.2) is 4.39 Å². The molecule has 19 heavy (non-hydrogen) atoms. The monoisotopic (exact) mass is 332 g/mol. The average Bonchev–Trinajstić information content (AvgIpc) is 3.12. The largest absolute Gasteiger partial charge is 0.480 e. The van der Waals surface area contributed by atoms with Crippen molar-refractivity contribution in [3.05, 3.63) is 32.5 Å². The minimum Gasteiger partial charge on any atom is -0.480 e. The molecular formula is C11H10BrFN2O4. The van der Waals surface area contributed by atoms with Gasteiger partial charge in [-0.15, -0.1) is 0 Å². The van der Waals surface area contributed by atoms with Crippen LogP contribution >= 0.6 is 15.9 Å². The van der Waals surface area contributed by atoms with Crippen LogP contribution in [0.5, 0.6) is 0 Å². The molecule has 1 fully saturated rings. The SMILES string of the molecule is O=C(O)CN(c1cc(F)c(Br)cc1[N+](=O)[O-])C1CC1. The summed E-state index contributed by atoms with van der Waals surface area (Å²) in [7, 11) is 0. The van der Waals surface area contributed by atoms with E-state index >= 15 is 0 Å². The van der Waals surface area contributed by atoms with Crippen LogP contribution in [0, 0.1) is 15.9 Å². The molecule has 1 aliphatic rings. The zero-order valence-electron chi connectivity index (χ0n) is 9.68. The van der Waals surface area contributed by atoms with Gasteiger partial charge in [0.05, 0.1) is 9.40 Å². The number of nitro benzene ring substituents is 1. The van der Waals surface area contributed by atoms with E-state index in [1.165, 1.54) is 4.90 Å². The van der Waals surface area contributed by atoms with Gasteiger partial charge in [-0.2, -0.15) is 0 Å². The van der Waals surface area contributed by atoms with Crippen molar-refractivity contribution in [3.8, 4) is 0 Å². The Kier molecular flexibility index (Phi) is 3.70. The van der Waals surface area contributed by atoms with Gasteiger partial charge < -0.3 is 10.0 Å². The average molecular weight is 333 g/mol. The van der Waals surface area contributed by atoms with Crippen molar-refractivity contribution in [2.75, 3.05) is 11.4 Å². The highest BCUT2D eigenvalue weighted by molar-refractivity contribution is 9.10. The smallest absolute Gasteiger partial charge is 0.323 e. The van der Waals surface area contributed by atoms with Crippen LogP contribution in [0.4, 0.5) is 15.8 Å². The lowest BCUT2D eigenvalue weighted by molar-refractivity contribution is -0.384. The maximum atomic E-state index is 13.6. The van der Waals surface area contributed by atoms with E-state index in [0.717, 1.165) is 25.0 Å². The van der Waals surface area contributed by atoms with Crippen molar-refractivity contribution in [1.82, 2.24) is 0 Å². The summed E-state index contributed by atoms with van der Waals surface area (Å²) in [6.45, 7) is -0.382. The molecule has 0 amide bonds. The van der Waals surface area contributed by atoms with Crippen molar-refractivity contribution >= 4 is 33.3 Å². The van der Waals surface area contributed by atoms with Gasteiger partial charge >= 0.3 is 5.97 Å². The fraction of sp³-hybridized carbons (Fsp3) is 0.364. The van der Waals surface area contributed by atoms with Gasteiger partial charge in [0, 0.05) is 18.2 Å². The molecule has 6 nitrogen and oxygen atoms in total. The zero-order valence-corrected chi connectivity index (χ0v) is 11.3. The Labute approximate surface area is 116 Å². The molecule has 0 spiro atoms. The third-order valence-corrected chi connectivity index (χ3v) is 3.42. The van der Waals surface area contributed by atoms with Crippen molar-refractivity contribution in [3.63, 3.8) is 0 Å². The summed E-state index contributed by atoms with van der Waals surface area (Å²) in [4.78, 5) is 22.6. The van der Waals surface area contributed by atoms with Crippen LogP contribution in [0.3, 0.4) is 0 Å². The lowest BCUT2D eigenvalue weighted by atomic mass is 10.2. The number of hydrogen-bond acceptors (Lipinski definition) is 4. The predicted octanol–water partition coefficient (Wildman–Crippen LogP) is 2.55. The Morgan fingerprint density at radius 1 is 1.58 bits per heavy atom. The van der Waals surface area contributed by atoms with Crippen LogP contribution < -0.4 is 4.90 Å². The lowest BCUT2D eigenvalue weighted by Gasteiger charge is -2.22. The van der Waals surface area contributed by atoms with E-state index < -0.39 is 16.7 Å². The number of anilines is 1. The number of carboxylic acid groups (broad SMARTS) is 1. The molecule has 0 unspecified atom stereocenters. The van der Waals surface area contributed by atoms with Crippen LogP contribution in [0.2, 0.25) is 0 Å². The van der Waals surface area contributed by atoms with Crippen LogP contribution in [0.25, 0.3) is 0 Å². The summed E-state index contributed by atoms with van der Waals surface area (Å²) in [6.07, 6.45) is 1.50. The second-order valence-corrected chi connectivity index (χ2v) is 5.12. The Morgan fingerprint density at radius 3 is 2.68 bits per heavy atom. The quantitative estimate of drug-likeness (QED) is 0.661. The Balaban J connectivity index is 2.48. The van der Waals surface area contributed by atoms with Crippen molar-refractivity contribution in [2.45, 2.75) is 18.9 Å². The lowest BCUT2D eigenvalue weighted by Crippen LogP contribution is -2.32. The summed E-state index contributed by atoms with van der Waals surface area (Å²) < 4.78 is 13.5. The molecule has 1 aromatic carbocycles. The standard InChI is InChI=1S/C11H10BrFN2O4/c12-7-3-10(15(18)19)9(4-8(7)13)14(5-11(16)17)6-1-2-6/h3-4,6H,1-2,5H2,(H,16,17).